The third-order valence-electron chi connectivity index (χ3n) is 12.9. The van der Waals surface area contributed by atoms with Gasteiger partial charge in [-0.2, -0.15) is 0 Å². The van der Waals surface area contributed by atoms with Gasteiger partial charge in [0.1, 0.15) is 11.5 Å². The molecule has 0 bridgehead atoms. The molecule has 0 saturated heterocycles. The summed E-state index contributed by atoms with van der Waals surface area (Å²) in [6.45, 7) is 0. The third-order valence-corrected chi connectivity index (χ3v) is 12.9. The van der Waals surface area contributed by atoms with Crippen LogP contribution in [-0.4, -0.2) is 14.5 Å². The lowest BCUT2D eigenvalue weighted by atomic mass is 9.66. The Bertz CT molecular complexity index is 3540. The molecule has 0 atom stereocenters. The van der Waals surface area contributed by atoms with E-state index in [4.69, 9.17) is 14.7 Å². The van der Waals surface area contributed by atoms with Crippen LogP contribution in [-0.2, 0) is 5.41 Å². The molecule has 0 N–H and O–H groups in total. The van der Waals surface area contributed by atoms with Crippen LogP contribution in [0.15, 0.2) is 212 Å². The van der Waals surface area contributed by atoms with Crippen molar-refractivity contribution in [3.8, 4) is 62.1 Å². The number of benzene rings is 9. The first kappa shape index (κ1) is 33.8. The fourth-order valence-corrected chi connectivity index (χ4v) is 10.3. The summed E-state index contributed by atoms with van der Waals surface area (Å²) in [5.41, 5.74) is 16.3. The molecule has 4 nitrogen and oxygen atoms in total. The number of para-hydroxylation sites is 5. The monoisotopic (exact) mass is 777 g/mol. The lowest BCUT2D eigenvalue weighted by Crippen LogP contribution is -2.32. The van der Waals surface area contributed by atoms with E-state index in [1.807, 2.05) is 0 Å². The van der Waals surface area contributed by atoms with Crippen LogP contribution in [0.1, 0.15) is 22.3 Å². The summed E-state index contributed by atoms with van der Waals surface area (Å²) >= 11 is 0. The summed E-state index contributed by atoms with van der Waals surface area (Å²) in [5.74, 6) is 2.47. The second kappa shape index (κ2) is 13.0. The fourth-order valence-electron chi connectivity index (χ4n) is 10.3. The molecule has 2 aliphatic rings. The summed E-state index contributed by atoms with van der Waals surface area (Å²) < 4.78 is 8.97. The zero-order valence-electron chi connectivity index (χ0n) is 33.0. The van der Waals surface area contributed by atoms with E-state index in [0.29, 0.717) is 5.82 Å². The predicted molar refractivity (Wildman–Crippen MR) is 248 cm³/mol. The standard InChI is InChI=1S/C57H35N3O/c1-2-16-36(17-3-1)39-18-6-12-26-50(39)60-51-27-13-7-20-41(51)44-34-37(31-33-52(44)60)55-42-21-5-11-25-49(42)58-56(59-55)38-30-32-46-43(35-38)40-19-4-8-22-45(40)57(46)47-23-9-14-28-53(47)61-54-29-15-10-24-48(54)57/h1-35H. The van der Waals surface area contributed by atoms with Crippen molar-refractivity contribution in [3.05, 3.63) is 235 Å². The fraction of sp³-hybridized carbons (Fsp3) is 0.0175. The van der Waals surface area contributed by atoms with Gasteiger partial charge in [0.05, 0.1) is 33.3 Å². The smallest absolute Gasteiger partial charge is 0.160 e. The van der Waals surface area contributed by atoms with Gasteiger partial charge in [0, 0.05) is 44.0 Å². The predicted octanol–water partition coefficient (Wildman–Crippen LogP) is 14.2. The summed E-state index contributed by atoms with van der Waals surface area (Å²) in [5, 5.41) is 3.39. The minimum atomic E-state index is -0.526. The first-order valence-electron chi connectivity index (χ1n) is 20.8. The molecule has 61 heavy (non-hydrogen) atoms. The van der Waals surface area contributed by atoms with Gasteiger partial charge >= 0.3 is 0 Å². The van der Waals surface area contributed by atoms with Crippen molar-refractivity contribution in [1.29, 1.82) is 0 Å². The maximum Gasteiger partial charge on any atom is 0.160 e. The zero-order valence-corrected chi connectivity index (χ0v) is 33.0. The molecule has 11 aromatic rings. The highest BCUT2D eigenvalue weighted by molar-refractivity contribution is 6.11. The van der Waals surface area contributed by atoms with E-state index in [-0.39, 0.29) is 0 Å². The van der Waals surface area contributed by atoms with E-state index in [9.17, 15) is 0 Å². The highest BCUT2D eigenvalue weighted by Crippen LogP contribution is 2.62. The molecule has 2 aromatic heterocycles. The van der Waals surface area contributed by atoms with Gasteiger partial charge in [0.2, 0.25) is 0 Å². The Morgan fingerprint density at radius 3 is 1.80 bits per heavy atom. The van der Waals surface area contributed by atoms with Crippen molar-refractivity contribution >= 4 is 32.7 Å². The molecular weight excluding hydrogens is 743 g/mol. The summed E-state index contributed by atoms with van der Waals surface area (Å²) in [7, 11) is 0. The minimum absolute atomic E-state index is 0.526. The van der Waals surface area contributed by atoms with Crippen LogP contribution >= 0.6 is 0 Å². The van der Waals surface area contributed by atoms with Gasteiger partial charge in [-0.15, -0.1) is 0 Å². The highest BCUT2D eigenvalue weighted by Gasteiger charge is 2.51. The number of rotatable bonds is 4. The Labute approximate surface area is 352 Å². The Balaban J connectivity index is 1.00. The van der Waals surface area contributed by atoms with E-state index in [1.165, 1.54) is 44.2 Å². The van der Waals surface area contributed by atoms with E-state index < -0.39 is 5.41 Å². The van der Waals surface area contributed by atoms with Crippen molar-refractivity contribution in [2.24, 2.45) is 0 Å². The molecule has 13 rings (SSSR count). The maximum atomic E-state index is 6.56. The van der Waals surface area contributed by atoms with Crippen molar-refractivity contribution in [2.45, 2.75) is 5.41 Å². The number of hydrogen-bond donors (Lipinski definition) is 0. The molecule has 0 saturated carbocycles. The van der Waals surface area contributed by atoms with E-state index in [0.717, 1.165) is 67.1 Å². The summed E-state index contributed by atoms with van der Waals surface area (Å²) in [6, 6.07) is 75.9. The zero-order chi connectivity index (χ0) is 40.1. The van der Waals surface area contributed by atoms with Crippen molar-refractivity contribution in [1.82, 2.24) is 14.5 Å². The molecule has 4 heteroatoms. The quantitative estimate of drug-likeness (QED) is 0.179. The van der Waals surface area contributed by atoms with Crippen molar-refractivity contribution < 1.29 is 4.74 Å². The normalized spacial score (nSPS) is 13.2. The molecule has 1 aliphatic heterocycles. The lowest BCUT2D eigenvalue weighted by Gasteiger charge is -2.39. The maximum absolute atomic E-state index is 6.56. The topological polar surface area (TPSA) is 39.9 Å². The number of aromatic nitrogens is 3. The largest absolute Gasteiger partial charge is 0.457 e. The SMILES string of the molecule is c1ccc(-c2ccccc2-n2c3ccccc3c3cc(-c4nc(-c5ccc6c(c5)-c5ccccc5C65c6ccccc6Oc6ccccc65)nc5ccccc45)ccc32)cc1. The lowest BCUT2D eigenvalue weighted by molar-refractivity contribution is 0.436. The van der Waals surface area contributed by atoms with Crippen LogP contribution in [0.3, 0.4) is 0 Å². The van der Waals surface area contributed by atoms with Gasteiger partial charge in [-0.1, -0.05) is 164 Å². The van der Waals surface area contributed by atoms with Crippen molar-refractivity contribution in [3.63, 3.8) is 0 Å². The molecule has 9 aromatic carbocycles. The van der Waals surface area contributed by atoms with Crippen LogP contribution in [0.2, 0.25) is 0 Å². The number of fused-ring (bicyclic) bond motifs is 13. The molecule has 0 unspecified atom stereocenters. The molecule has 0 radical (unpaired) electrons. The molecule has 1 spiro atoms. The Morgan fingerprint density at radius 1 is 0.377 bits per heavy atom. The summed E-state index contributed by atoms with van der Waals surface area (Å²) in [6.07, 6.45) is 0. The number of ether oxygens (including phenoxy) is 1. The molecule has 3 heterocycles. The average molecular weight is 778 g/mol. The van der Waals surface area contributed by atoms with Gasteiger partial charge in [-0.25, -0.2) is 9.97 Å². The van der Waals surface area contributed by atoms with Gasteiger partial charge < -0.3 is 9.30 Å². The molecule has 0 fully saturated rings. The Kier molecular flexibility index (Phi) is 7.19. The molecule has 1 aliphatic carbocycles. The number of nitrogens with zero attached hydrogens (tertiary/aromatic N) is 3. The van der Waals surface area contributed by atoms with Crippen LogP contribution in [0, 0.1) is 0 Å². The van der Waals surface area contributed by atoms with Crippen LogP contribution in [0.4, 0.5) is 0 Å². The number of hydrogen-bond acceptors (Lipinski definition) is 3. The Hall–Kier alpha value is -8.08. The van der Waals surface area contributed by atoms with E-state index >= 15 is 0 Å². The molecule has 284 valence electrons. The average Bonchev–Trinajstić information content (AvgIpc) is 3.81. The summed E-state index contributed by atoms with van der Waals surface area (Å²) in [4.78, 5) is 10.7. The molecule has 0 amide bonds. The second-order valence-corrected chi connectivity index (χ2v) is 16.0. The van der Waals surface area contributed by atoms with Gasteiger partial charge in [-0.3, -0.25) is 0 Å². The molecular formula is C57H35N3O. The van der Waals surface area contributed by atoms with Crippen LogP contribution < -0.4 is 4.74 Å². The van der Waals surface area contributed by atoms with E-state index in [2.05, 4.69) is 217 Å². The Morgan fingerprint density at radius 2 is 0.984 bits per heavy atom. The van der Waals surface area contributed by atoms with E-state index in [1.54, 1.807) is 0 Å². The second-order valence-electron chi connectivity index (χ2n) is 16.0. The van der Waals surface area contributed by atoms with Crippen LogP contribution in [0.5, 0.6) is 11.5 Å². The first-order valence-corrected chi connectivity index (χ1v) is 20.8. The van der Waals surface area contributed by atoms with Crippen molar-refractivity contribution in [2.75, 3.05) is 0 Å². The van der Waals surface area contributed by atoms with Gasteiger partial charge in [0.25, 0.3) is 0 Å². The first-order chi connectivity index (χ1) is 30.3. The van der Waals surface area contributed by atoms with Gasteiger partial charge in [0.15, 0.2) is 5.82 Å². The minimum Gasteiger partial charge on any atom is -0.457 e. The highest BCUT2D eigenvalue weighted by atomic mass is 16.5. The third kappa shape index (κ3) is 4.82. The van der Waals surface area contributed by atoms with Gasteiger partial charge in [-0.05, 0) is 76.3 Å². The van der Waals surface area contributed by atoms with Crippen LogP contribution in [0.25, 0.3) is 83.3 Å².